The molecule has 4 aromatic rings. The van der Waals surface area contributed by atoms with Crippen LogP contribution in [0.2, 0.25) is 0 Å². The first-order valence-corrected chi connectivity index (χ1v) is 14.5. The van der Waals surface area contributed by atoms with E-state index in [9.17, 15) is 23.1 Å². The predicted molar refractivity (Wildman–Crippen MR) is 154 cm³/mol. The van der Waals surface area contributed by atoms with Crippen molar-refractivity contribution in [1.29, 1.82) is 0 Å². The molecule has 224 valence electrons. The van der Waals surface area contributed by atoms with Gasteiger partial charge in [0.1, 0.15) is 28.7 Å². The highest BCUT2D eigenvalue weighted by molar-refractivity contribution is 6.02. The molecule has 0 bridgehead atoms. The van der Waals surface area contributed by atoms with Gasteiger partial charge in [-0.25, -0.2) is 9.78 Å². The van der Waals surface area contributed by atoms with E-state index in [0.717, 1.165) is 75.2 Å². The van der Waals surface area contributed by atoms with Crippen molar-refractivity contribution in [2.24, 2.45) is 18.4 Å². The lowest BCUT2D eigenvalue weighted by atomic mass is 9.60. The summed E-state index contributed by atoms with van der Waals surface area (Å²) in [5.41, 5.74) is 3.72. The number of nitrogens with zero attached hydrogens (tertiary/aromatic N) is 4. The van der Waals surface area contributed by atoms with E-state index >= 15 is 0 Å². The van der Waals surface area contributed by atoms with Gasteiger partial charge in [-0.15, -0.1) is 13.2 Å². The van der Waals surface area contributed by atoms with Gasteiger partial charge in [-0.2, -0.15) is 0 Å². The average Bonchev–Trinajstić information content (AvgIpc) is 3.60. The number of aromatic carboxylic acids is 1. The quantitative estimate of drug-likeness (QED) is 0.242. The Kier molecular flexibility index (Phi) is 6.51. The van der Waals surface area contributed by atoms with E-state index in [0.29, 0.717) is 22.6 Å². The van der Waals surface area contributed by atoms with Gasteiger partial charge >= 0.3 is 12.3 Å². The predicted octanol–water partition coefficient (Wildman–Crippen LogP) is 7.24. The van der Waals surface area contributed by atoms with Crippen molar-refractivity contribution in [3.63, 3.8) is 0 Å². The number of aromatic nitrogens is 3. The third-order valence-electron chi connectivity index (χ3n) is 9.08. The maximum absolute atomic E-state index is 13.1. The highest BCUT2D eigenvalue weighted by Gasteiger charge is 2.43. The van der Waals surface area contributed by atoms with Crippen LogP contribution in [0.3, 0.4) is 0 Å². The molecule has 4 heterocycles. The number of allylic oxidation sites excluding steroid dienone is 1. The van der Waals surface area contributed by atoms with E-state index in [1.807, 2.05) is 12.1 Å². The third kappa shape index (κ3) is 5.36. The number of hydrogen-bond donors (Lipinski definition) is 1. The molecule has 43 heavy (non-hydrogen) atoms. The van der Waals surface area contributed by atoms with Crippen molar-refractivity contribution in [1.82, 2.24) is 14.7 Å². The number of benzene rings is 1. The van der Waals surface area contributed by atoms with Crippen molar-refractivity contribution in [2.75, 3.05) is 18.0 Å². The highest BCUT2D eigenvalue weighted by Crippen LogP contribution is 2.54. The van der Waals surface area contributed by atoms with E-state index in [2.05, 4.69) is 20.9 Å². The van der Waals surface area contributed by atoms with Crippen LogP contribution in [0.4, 0.5) is 19.0 Å². The molecule has 0 atom stereocenters. The summed E-state index contributed by atoms with van der Waals surface area (Å²) in [5, 5.41) is 14.3. The number of rotatable bonds is 7. The number of piperidine rings is 1. The molecule has 7 rings (SSSR count). The van der Waals surface area contributed by atoms with Crippen LogP contribution in [0, 0.1) is 11.3 Å². The van der Waals surface area contributed by atoms with E-state index in [1.54, 1.807) is 29.9 Å². The van der Waals surface area contributed by atoms with Crippen molar-refractivity contribution in [2.45, 2.75) is 51.3 Å². The minimum atomic E-state index is -4.81. The fourth-order valence-corrected chi connectivity index (χ4v) is 6.65. The number of hydrogen-bond acceptors (Lipinski definition) is 6. The van der Waals surface area contributed by atoms with Crippen LogP contribution < -0.4 is 9.64 Å². The van der Waals surface area contributed by atoms with Crippen LogP contribution in [0.15, 0.2) is 52.7 Å². The molecule has 2 aliphatic carbocycles. The first-order chi connectivity index (χ1) is 20.6. The number of fused-ring (bicyclic) bond motifs is 1. The molecule has 2 saturated carbocycles. The van der Waals surface area contributed by atoms with Crippen LogP contribution in [0.5, 0.6) is 5.75 Å². The van der Waals surface area contributed by atoms with E-state index in [1.165, 1.54) is 17.7 Å². The standard InChI is InChI=1S/C32H31F3N4O4/c1-38-18-24(30(40)41)21-8-9-27(36-29(21)38)39-12-10-31(11-13-39)16-20(17-31)14-23-26(15-19-6-7-19)43-37-28(23)22-4-2-3-5-25(22)42-32(33,34)35/h2-5,8-9,14,18-19H,6-7,10-13,15-17H2,1H3,(H,40,41). The smallest absolute Gasteiger partial charge is 0.478 e. The van der Waals surface area contributed by atoms with Crippen LogP contribution in [0.25, 0.3) is 28.4 Å². The summed E-state index contributed by atoms with van der Waals surface area (Å²) in [6.07, 6.45) is 5.64. The Labute approximate surface area is 245 Å². The Morgan fingerprint density at radius 2 is 1.91 bits per heavy atom. The summed E-state index contributed by atoms with van der Waals surface area (Å²) in [6.45, 7) is 1.69. The summed E-state index contributed by atoms with van der Waals surface area (Å²) in [5.74, 6) is 0.825. The molecule has 3 aliphatic rings. The molecule has 1 aliphatic heterocycles. The Balaban J connectivity index is 1.09. The normalized spacial score (nSPS) is 18.2. The summed E-state index contributed by atoms with van der Waals surface area (Å²) < 4.78 is 51.2. The molecule has 3 aromatic heterocycles. The van der Waals surface area contributed by atoms with E-state index < -0.39 is 12.3 Å². The minimum Gasteiger partial charge on any atom is -0.478 e. The van der Waals surface area contributed by atoms with Gasteiger partial charge in [-0.3, -0.25) is 0 Å². The number of para-hydroxylation sites is 1. The maximum atomic E-state index is 13.1. The van der Waals surface area contributed by atoms with Crippen LogP contribution in [-0.2, 0) is 13.5 Å². The van der Waals surface area contributed by atoms with Gasteiger partial charge in [0, 0.05) is 49.3 Å². The summed E-state index contributed by atoms with van der Waals surface area (Å²) in [7, 11) is 1.80. The average molecular weight is 593 g/mol. The molecule has 1 aromatic carbocycles. The zero-order chi connectivity index (χ0) is 29.9. The van der Waals surface area contributed by atoms with Crippen LogP contribution in [-0.4, -0.2) is 45.2 Å². The zero-order valence-electron chi connectivity index (χ0n) is 23.7. The van der Waals surface area contributed by atoms with Gasteiger partial charge in [0.15, 0.2) is 0 Å². The number of ether oxygens (including phenoxy) is 1. The van der Waals surface area contributed by atoms with Gasteiger partial charge in [-0.1, -0.05) is 22.9 Å². The van der Waals surface area contributed by atoms with Gasteiger partial charge in [0.25, 0.3) is 0 Å². The number of carbonyl (C=O) groups is 1. The lowest BCUT2D eigenvalue weighted by Gasteiger charge is -2.49. The molecule has 1 N–H and O–H groups in total. The Hall–Kier alpha value is -4.28. The number of aryl methyl sites for hydroxylation is 1. The second-order valence-corrected chi connectivity index (χ2v) is 12.2. The van der Waals surface area contributed by atoms with Crippen molar-refractivity contribution in [3.8, 4) is 17.0 Å². The highest BCUT2D eigenvalue weighted by atomic mass is 19.4. The van der Waals surface area contributed by atoms with E-state index in [4.69, 9.17) is 9.51 Å². The van der Waals surface area contributed by atoms with Crippen molar-refractivity contribution < 1.29 is 32.3 Å². The maximum Gasteiger partial charge on any atom is 0.573 e. The number of pyridine rings is 1. The molecule has 0 amide bonds. The fourth-order valence-electron chi connectivity index (χ4n) is 6.65. The van der Waals surface area contributed by atoms with Gasteiger partial charge in [0.2, 0.25) is 0 Å². The first-order valence-electron chi connectivity index (χ1n) is 14.5. The Morgan fingerprint density at radius 1 is 1.16 bits per heavy atom. The first kappa shape index (κ1) is 27.5. The fraction of sp³-hybridized carbons (Fsp3) is 0.406. The zero-order valence-corrected chi connectivity index (χ0v) is 23.7. The number of anilines is 1. The van der Waals surface area contributed by atoms with Crippen LogP contribution in [0.1, 0.15) is 60.2 Å². The summed E-state index contributed by atoms with van der Waals surface area (Å²) in [4.78, 5) is 18.6. The lowest BCUT2D eigenvalue weighted by molar-refractivity contribution is -0.274. The Morgan fingerprint density at radius 3 is 2.60 bits per heavy atom. The summed E-state index contributed by atoms with van der Waals surface area (Å²) in [6, 6.07) is 9.81. The van der Waals surface area contributed by atoms with Crippen molar-refractivity contribution >= 4 is 28.9 Å². The number of alkyl halides is 3. The molecule has 0 radical (unpaired) electrons. The minimum absolute atomic E-state index is 0.180. The van der Waals surface area contributed by atoms with E-state index in [-0.39, 0.29) is 22.3 Å². The largest absolute Gasteiger partial charge is 0.573 e. The molecule has 1 saturated heterocycles. The molecule has 11 heteroatoms. The molecular weight excluding hydrogens is 561 g/mol. The number of carboxylic acid groups (broad SMARTS) is 1. The van der Waals surface area contributed by atoms with Gasteiger partial charge < -0.3 is 23.8 Å². The number of carboxylic acids is 1. The van der Waals surface area contributed by atoms with Gasteiger partial charge in [0.05, 0.1) is 5.56 Å². The topological polar surface area (TPSA) is 93.6 Å². The molecule has 8 nitrogen and oxygen atoms in total. The molecule has 0 unspecified atom stereocenters. The third-order valence-corrected chi connectivity index (χ3v) is 9.08. The second kappa shape index (κ2) is 10.2. The van der Waals surface area contributed by atoms with Crippen LogP contribution >= 0.6 is 0 Å². The van der Waals surface area contributed by atoms with Crippen molar-refractivity contribution in [3.05, 3.63) is 65.1 Å². The summed E-state index contributed by atoms with van der Waals surface area (Å²) >= 11 is 0. The number of halogens is 3. The second-order valence-electron chi connectivity index (χ2n) is 12.2. The molecule has 3 fully saturated rings. The lowest BCUT2D eigenvalue weighted by Crippen LogP contribution is -2.44. The molecular formula is C32H31F3N4O4. The monoisotopic (exact) mass is 592 g/mol. The SMILES string of the molecule is Cn1cc(C(=O)O)c2ccc(N3CCC4(CC3)CC(=Cc3c(-c5ccccc5OC(F)(F)F)noc3CC3CC3)C4)nc21. The molecule has 1 spiro atoms. The Bertz CT molecular complexity index is 1730. The van der Waals surface area contributed by atoms with Gasteiger partial charge in [-0.05, 0) is 80.2 Å².